The number of carbonyl (C=O) groups is 1. The van der Waals surface area contributed by atoms with Crippen LogP contribution in [0.25, 0.3) is 11.3 Å². The first-order chi connectivity index (χ1) is 10.1. The lowest BCUT2D eigenvalue weighted by Crippen LogP contribution is -2.15. The van der Waals surface area contributed by atoms with E-state index in [2.05, 4.69) is 20.6 Å². The van der Waals surface area contributed by atoms with Gasteiger partial charge in [-0.2, -0.15) is 5.10 Å². The number of halogens is 1. The molecule has 1 aromatic carbocycles. The number of nitrogens with one attached hydrogen (secondary N) is 1. The summed E-state index contributed by atoms with van der Waals surface area (Å²) in [6.45, 7) is 0. The fraction of sp³-hybridized carbons (Fsp3) is 0.0769. The standard InChI is InChI=1S/C13H10ClN5OS/c1-19-11(12(20)16-13-17-15-7-21-13)6-10(18-19)8-3-2-4-9(14)5-8/h2-7H,1H3,(H,16,17,20). The Morgan fingerprint density at radius 2 is 2.24 bits per heavy atom. The molecule has 21 heavy (non-hydrogen) atoms. The molecule has 0 radical (unpaired) electrons. The van der Waals surface area contributed by atoms with E-state index in [4.69, 9.17) is 11.6 Å². The Morgan fingerprint density at radius 3 is 2.95 bits per heavy atom. The summed E-state index contributed by atoms with van der Waals surface area (Å²) in [6.07, 6.45) is 0. The zero-order chi connectivity index (χ0) is 14.8. The van der Waals surface area contributed by atoms with Gasteiger partial charge in [-0.15, -0.1) is 10.2 Å². The molecule has 0 aliphatic heterocycles. The molecule has 0 spiro atoms. The van der Waals surface area contributed by atoms with E-state index >= 15 is 0 Å². The highest BCUT2D eigenvalue weighted by Crippen LogP contribution is 2.22. The summed E-state index contributed by atoms with van der Waals surface area (Å²) < 4.78 is 1.52. The number of anilines is 1. The van der Waals surface area contributed by atoms with E-state index in [1.54, 1.807) is 30.8 Å². The average Bonchev–Trinajstić information content (AvgIpc) is 3.08. The van der Waals surface area contributed by atoms with Crippen molar-refractivity contribution in [3.8, 4) is 11.3 Å². The first-order valence-electron chi connectivity index (χ1n) is 6.01. The number of aryl methyl sites for hydroxylation is 1. The molecule has 2 aromatic heterocycles. The Bertz CT molecular complexity index is 784. The number of benzene rings is 1. The molecule has 0 aliphatic carbocycles. The average molecular weight is 320 g/mol. The molecular formula is C13H10ClN5OS. The van der Waals surface area contributed by atoms with Crippen LogP contribution in [0, 0.1) is 0 Å². The van der Waals surface area contributed by atoms with E-state index in [9.17, 15) is 4.79 Å². The minimum atomic E-state index is -0.282. The lowest BCUT2D eigenvalue weighted by molar-refractivity contribution is 0.101. The minimum absolute atomic E-state index is 0.282. The van der Waals surface area contributed by atoms with Crippen molar-refractivity contribution in [2.24, 2.45) is 7.05 Å². The van der Waals surface area contributed by atoms with Crippen LogP contribution >= 0.6 is 22.9 Å². The molecule has 0 fully saturated rings. The number of hydrogen-bond donors (Lipinski definition) is 1. The number of amides is 1. The molecule has 0 atom stereocenters. The highest BCUT2D eigenvalue weighted by Gasteiger charge is 2.15. The van der Waals surface area contributed by atoms with Crippen LogP contribution in [-0.4, -0.2) is 25.9 Å². The summed E-state index contributed by atoms with van der Waals surface area (Å²) in [4.78, 5) is 12.2. The van der Waals surface area contributed by atoms with Gasteiger partial charge >= 0.3 is 0 Å². The van der Waals surface area contributed by atoms with Crippen LogP contribution in [0.5, 0.6) is 0 Å². The number of rotatable bonds is 3. The van der Waals surface area contributed by atoms with Gasteiger partial charge in [-0.3, -0.25) is 14.8 Å². The summed E-state index contributed by atoms with van der Waals surface area (Å²) in [7, 11) is 1.71. The summed E-state index contributed by atoms with van der Waals surface area (Å²) in [5.41, 5.74) is 3.52. The van der Waals surface area contributed by atoms with Crippen molar-refractivity contribution in [1.29, 1.82) is 0 Å². The number of aromatic nitrogens is 4. The van der Waals surface area contributed by atoms with Gasteiger partial charge in [-0.05, 0) is 18.2 Å². The summed E-state index contributed by atoms with van der Waals surface area (Å²) >= 11 is 7.23. The van der Waals surface area contributed by atoms with E-state index in [-0.39, 0.29) is 5.91 Å². The van der Waals surface area contributed by atoms with E-state index in [0.717, 1.165) is 5.56 Å². The Balaban J connectivity index is 1.89. The molecule has 8 heteroatoms. The summed E-state index contributed by atoms with van der Waals surface area (Å²) in [5.74, 6) is -0.282. The van der Waals surface area contributed by atoms with Crippen molar-refractivity contribution < 1.29 is 4.79 Å². The second-order valence-corrected chi connectivity index (χ2v) is 5.52. The third-order valence-electron chi connectivity index (χ3n) is 2.81. The quantitative estimate of drug-likeness (QED) is 0.805. The second kappa shape index (κ2) is 5.63. The Morgan fingerprint density at radius 1 is 1.38 bits per heavy atom. The second-order valence-electron chi connectivity index (χ2n) is 4.25. The van der Waals surface area contributed by atoms with Gasteiger partial charge in [-0.25, -0.2) is 0 Å². The van der Waals surface area contributed by atoms with Gasteiger partial charge in [-0.1, -0.05) is 35.1 Å². The van der Waals surface area contributed by atoms with Gasteiger partial charge in [0.15, 0.2) is 0 Å². The molecule has 1 amide bonds. The molecule has 3 aromatic rings. The molecule has 6 nitrogen and oxygen atoms in total. The van der Waals surface area contributed by atoms with Gasteiger partial charge in [0.1, 0.15) is 11.2 Å². The molecule has 0 bridgehead atoms. The van der Waals surface area contributed by atoms with Crippen molar-refractivity contribution >= 4 is 34.0 Å². The minimum Gasteiger partial charge on any atom is -0.295 e. The molecular weight excluding hydrogens is 310 g/mol. The zero-order valence-electron chi connectivity index (χ0n) is 10.9. The zero-order valence-corrected chi connectivity index (χ0v) is 12.5. The highest BCUT2D eigenvalue weighted by atomic mass is 35.5. The van der Waals surface area contributed by atoms with Crippen LogP contribution < -0.4 is 5.32 Å². The van der Waals surface area contributed by atoms with Crippen LogP contribution in [0.1, 0.15) is 10.5 Å². The van der Waals surface area contributed by atoms with Crippen LogP contribution in [0.3, 0.4) is 0 Å². The van der Waals surface area contributed by atoms with E-state index < -0.39 is 0 Å². The first kappa shape index (κ1) is 13.7. The maximum atomic E-state index is 12.2. The molecule has 106 valence electrons. The monoisotopic (exact) mass is 319 g/mol. The highest BCUT2D eigenvalue weighted by molar-refractivity contribution is 7.13. The molecule has 0 aliphatic rings. The predicted octanol–water partition coefficient (Wildman–Crippen LogP) is 2.84. The van der Waals surface area contributed by atoms with E-state index in [1.165, 1.54) is 16.0 Å². The van der Waals surface area contributed by atoms with Crippen LogP contribution in [-0.2, 0) is 7.05 Å². The first-order valence-corrected chi connectivity index (χ1v) is 7.27. The van der Waals surface area contributed by atoms with Crippen LogP contribution in [0.2, 0.25) is 5.02 Å². The van der Waals surface area contributed by atoms with Crippen molar-refractivity contribution in [1.82, 2.24) is 20.0 Å². The third-order valence-corrected chi connectivity index (χ3v) is 3.66. The van der Waals surface area contributed by atoms with Gasteiger partial charge in [0, 0.05) is 17.6 Å². The molecule has 0 saturated heterocycles. The van der Waals surface area contributed by atoms with Gasteiger partial charge in [0.05, 0.1) is 5.69 Å². The van der Waals surface area contributed by atoms with Crippen molar-refractivity contribution in [3.63, 3.8) is 0 Å². The topological polar surface area (TPSA) is 72.7 Å². The van der Waals surface area contributed by atoms with Gasteiger partial charge in [0.2, 0.25) is 5.13 Å². The Hall–Kier alpha value is -2.25. The number of carbonyl (C=O) groups excluding carboxylic acids is 1. The van der Waals surface area contributed by atoms with Crippen LogP contribution in [0.4, 0.5) is 5.13 Å². The molecule has 0 unspecified atom stereocenters. The predicted molar refractivity (Wildman–Crippen MR) is 81.5 cm³/mol. The normalized spacial score (nSPS) is 10.6. The summed E-state index contributed by atoms with van der Waals surface area (Å²) in [5, 5.41) is 15.5. The SMILES string of the molecule is Cn1nc(-c2cccc(Cl)c2)cc1C(=O)Nc1nncs1. The Kier molecular flexibility index (Phi) is 3.68. The maximum Gasteiger partial charge on any atom is 0.275 e. The van der Waals surface area contributed by atoms with Crippen LogP contribution in [0.15, 0.2) is 35.8 Å². The largest absolute Gasteiger partial charge is 0.295 e. The summed E-state index contributed by atoms with van der Waals surface area (Å²) in [6, 6.07) is 9.03. The number of nitrogens with zero attached hydrogens (tertiary/aromatic N) is 4. The lowest BCUT2D eigenvalue weighted by Gasteiger charge is -2.00. The fourth-order valence-corrected chi connectivity index (χ4v) is 2.49. The van der Waals surface area contributed by atoms with Crippen molar-refractivity contribution in [2.75, 3.05) is 5.32 Å². The maximum absolute atomic E-state index is 12.2. The van der Waals surface area contributed by atoms with Crippen molar-refractivity contribution in [3.05, 3.63) is 46.6 Å². The van der Waals surface area contributed by atoms with E-state index in [0.29, 0.717) is 21.5 Å². The molecule has 0 saturated carbocycles. The molecule has 1 N–H and O–H groups in total. The third kappa shape index (κ3) is 2.93. The molecule has 2 heterocycles. The smallest absolute Gasteiger partial charge is 0.275 e. The molecule has 3 rings (SSSR count). The fourth-order valence-electron chi connectivity index (χ4n) is 1.86. The van der Waals surface area contributed by atoms with Gasteiger partial charge < -0.3 is 0 Å². The van der Waals surface area contributed by atoms with E-state index in [1.807, 2.05) is 12.1 Å². The van der Waals surface area contributed by atoms with Crippen molar-refractivity contribution in [2.45, 2.75) is 0 Å². The number of hydrogen-bond acceptors (Lipinski definition) is 5. The lowest BCUT2D eigenvalue weighted by atomic mass is 10.1. The van der Waals surface area contributed by atoms with Gasteiger partial charge in [0.25, 0.3) is 5.91 Å². The Labute approximate surface area is 129 Å².